The normalized spacial score (nSPS) is 10.5. The number of carbonyl (C=O) groups excluding carboxylic acids is 1. The number of halogens is 4. The average molecular weight is 324 g/mol. The summed E-state index contributed by atoms with van der Waals surface area (Å²) >= 11 is 16.8. The first-order valence-electron chi connectivity index (χ1n) is 4.96. The highest BCUT2D eigenvalue weighted by Crippen LogP contribution is 2.19. The summed E-state index contributed by atoms with van der Waals surface area (Å²) in [4.78, 5) is 15.3. The van der Waals surface area contributed by atoms with Gasteiger partial charge in [0.2, 0.25) is 16.5 Å². The minimum atomic E-state index is -0.564. The van der Waals surface area contributed by atoms with Crippen LogP contribution in [0.4, 0.5) is 10.1 Å². The lowest BCUT2D eigenvalue weighted by atomic mass is 10.3. The SMILES string of the molecule is O=C(Cn1nc(Cl)nc1Cl)Nc1ccc(F)c(Cl)c1. The molecule has 0 aliphatic heterocycles. The number of carbonyl (C=O) groups is 1. The maximum atomic E-state index is 12.9. The van der Waals surface area contributed by atoms with Crippen LogP contribution in [0.2, 0.25) is 15.6 Å². The van der Waals surface area contributed by atoms with Crippen molar-refractivity contribution in [2.24, 2.45) is 0 Å². The van der Waals surface area contributed by atoms with Gasteiger partial charge in [-0.05, 0) is 41.4 Å². The van der Waals surface area contributed by atoms with Crippen LogP contribution in [0.15, 0.2) is 18.2 Å². The number of nitrogens with zero attached hydrogens (tertiary/aromatic N) is 3. The molecule has 100 valence electrons. The molecule has 2 aromatic rings. The highest BCUT2D eigenvalue weighted by Gasteiger charge is 2.11. The van der Waals surface area contributed by atoms with E-state index in [4.69, 9.17) is 34.8 Å². The van der Waals surface area contributed by atoms with Crippen LogP contribution in [0, 0.1) is 5.82 Å². The first kappa shape index (κ1) is 14.0. The summed E-state index contributed by atoms with van der Waals surface area (Å²) in [7, 11) is 0. The van der Waals surface area contributed by atoms with Crippen molar-refractivity contribution < 1.29 is 9.18 Å². The zero-order valence-corrected chi connectivity index (χ0v) is 11.5. The standard InChI is InChI=1S/C10H6Cl3FN4O/c11-6-3-5(1-2-7(6)14)15-8(19)4-18-10(13)16-9(12)17-18/h1-3H,4H2,(H,15,19). The molecule has 1 amide bonds. The van der Waals surface area contributed by atoms with Crippen LogP contribution in [-0.2, 0) is 11.3 Å². The highest BCUT2D eigenvalue weighted by atomic mass is 35.5. The molecule has 0 unspecified atom stereocenters. The molecule has 0 spiro atoms. The molecular formula is C10H6Cl3FN4O. The van der Waals surface area contributed by atoms with Crippen molar-refractivity contribution in [2.45, 2.75) is 6.54 Å². The first-order chi connectivity index (χ1) is 8.95. The van der Waals surface area contributed by atoms with Crippen LogP contribution >= 0.6 is 34.8 Å². The Bertz CT molecular complexity index is 631. The average Bonchev–Trinajstić information content (AvgIpc) is 2.62. The fourth-order valence-electron chi connectivity index (χ4n) is 1.31. The molecule has 1 heterocycles. The molecule has 0 fully saturated rings. The van der Waals surface area contributed by atoms with Gasteiger partial charge in [-0.2, -0.15) is 4.98 Å². The highest BCUT2D eigenvalue weighted by molar-refractivity contribution is 6.31. The maximum absolute atomic E-state index is 12.9. The Hall–Kier alpha value is -1.37. The summed E-state index contributed by atoms with van der Waals surface area (Å²) in [6.45, 7) is -0.173. The third-order valence-corrected chi connectivity index (χ3v) is 2.83. The molecular weight excluding hydrogens is 317 g/mol. The topological polar surface area (TPSA) is 59.8 Å². The van der Waals surface area contributed by atoms with E-state index in [0.29, 0.717) is 5.69 Å². The molecule has 9 heteroatoms. The molecule has 0 bridgehead atoms. The van der Waals surface area contributed by atoms with Gasteiger partial charge in [0.05, 0.1) is 5.02 Å². The molecule has 5 nitrogen and oxygen atoms in total. The zero-order chi connectivity index (χ0) is 14.0. The van der Waals surface area contributed by atoms with E-state index >= 15 is 0 Å². The Morgan fingerprint density at radius 1 is 1.37 bits per heavy atom. The summed E-state index contributed by atoms with van der Waals surface area (Å²) in [5.74, 6) is -0.989. The van der Waals surface area contributed by atoms with Crippen LogP contribution < -0.4 is 5.32 Å². The second-order valence-electron chi connectivity index (χ2n) is 3.48. The fraction of sp³-hybridized carbons (Fsp3) is 0.100. The van der Waals surface area contributed by atoms with E-state index in [1.165, 1.54) is 12.1 Å². The predicted octanol–water partition coefficient (Wildman–Crippen LogP) is 3.02. The van der Waals surface area contributed by atoms with Crippen LogP contribution in [0.25, 0.3) is 0 Å². The van der Waals surface area contributed by atoms with Gasteiger partial charge in [0.25, 0.3) is 0 Å². The second-order valence-corrected chi connectivity index (χ2v) is 4.57. The molecule has 19 heavy (non-hydrogen) atoms. The third-order valence-electron chi connectivity index (χ3n) is 2.10. The Kier molecular flexibility index (Phi) is 4.24. The predicted molar refractivity (Wildman–Crippen MR) is 70.1 cm³/mol. The lowest BCUT2D eigenvalue weighted by Gasteiger charge is -2.06. The molecule has 1 aromatic heterocycles. The minimum absolute atomic E-state index is 0.00251. The molecule has 2 rings (SSSR count). The van der Waals surface area contributed by atoms with Crippen LogP contribution in [-0.4, -0.2) is 20.7 Å². The molecule has 0 atom stereocenters. The number of nitrogens with one attached hydrogen (secondary N) is 1. The number of amides is 1. The van der Waals surface area contributed by atoms with Gasteiger partial charge in [-0.3, -0.25) is 4.79 Å². The van der Waals surface area contributed by atoms with E-state index in [1.54, 1.807) is 0 Å². The van der Waals surface area contributed by atoms with Crippen molar-refractivity contribution in [1.82, 2.24) is 14.8 Å². The van der Waals surface area contributed by atoms with Gasteiger partial charge in [0.1, 0.15) is 12.4 Å². The van der Waals surface area contributed by atoms with E-state index in [2.05, 4.69) is 15.4 Å². The van der Waals surface area contributed by atoms with Gasteiger partial charge in [-0.1, -0.05) is 11.6 Å². The molecule has 0 saturated carbocycles. The fourth-order valence-corrected chi connectivity index (χ4v) is 1.88. The van der Waals surface area contributed by atoms with Crippen LogP contribution in [0.3, 0.4) is 0 Å². The number of hydrogen-bond donors (Lipinski definition) is 1. The summed E-state index contributed by atoms with van der Waals surface area (Å²) in [5.41, 5.74) is 0.360. The number of hydrogen-bond acceptors (Lipinski definition) is 3. The largest absolute Gasteiger partial charge is 0.324 e. The van der Waals surface area contributed by atoms with Gasteiger partial charge in [-0.25, -0.2) is 9.07 Å². The minimum Gasteiger partial charge on any atom is -0.324 e. The second kappa shape index (κ2) is 5.73. The van der Waals surface area contributed by atoms with Gasteiger partial charge >= 0.3 is 0 Å². The van der Waals surface area contributed by atoms with Crippen molar-refractivity contribution in [1.29, 1.82) is 0 Å². The summed E-state index contributed by atoms with van der Waals surface area (Å²) in [5, 5.41) is 6.09. The van der Waals surface area contributed by atoms with E-state index in [-0.39, 0.29) is 22.1 Å². The monoisotopic (exact) mass is 322 g/mol. The van der Waals surface area contributed by atoms with Crippen LogP contribution in [0.1, 0.15) is 0 Å². The van der Waals surface area contributed by atoms with E-state index in [1.807, 2.05) is 0 Å². The van der Waals surface area contributed by atoms with Crippen molar-refractivity contribution in [3.05, 3.63) is 39.6 Å². The zero-order valence-electron chi connectivity index (χ0n) is 9.20. The van der Waals surface area contributed by atoms with E-state index < -0.39 is 11.7 Å². The van der Waals surface area contributed by atoms with Gasteiger partial charge in [0.15, 0.2) is 0 Å². The molecule has 0 aliphatic rings. The number of anilines is 1. The Labute approximate surface area is 122 Å². The molecule has 0 radical (unpaired) electrons. The van der Waals surface area contributed by atoms with Crippen molar-refractivity contribution >= 4 is 46.4 Å². The number of rotatable bonds is 3. The van der Waals surface area contributed by atoms with Crippen molar-refractivity contribution in [3.63, 3.8) is 0 Å². The number of aromatic nitrogens is 3. The summed E-state index contributed by atoms with van der Waals surface area (Å²) < 4.78 is 14.1. The van der Waals surface area contributed by atoms with E-state index in [9.17, 15) is 9.18 Å². The maximum Gasteiger partial charge on any atom is 0.246 e. The van der Waals surface area contributed by atoms with Crippen LogP contribution in [0.5, 0.6) is 0 Å². The summed E-state index contributed by atoms with van der Waals surface area (Å²) in [6.07, 6.45) is 0. The quantitative estimate of drug-likeness (QED) is 0.944. The Morgan fingerprint density at radius 3 is 2.68 bits per heavy atom. The molecule has 1 N–H and O–H groups in total. The number of benzene rings is 1. The van der Waals surface area contributed by atoms with Gasteiger partial charge in [-0.15, -0.1) is 5.10 Å². The smallest absolute Gasteiger partial charge is 0.246 e. The Morgan fingerprint density at radius 2 is 2.11 bits per heavy atom. The molecule has 1 aromatic carbocycles. The van der Waals surface area contributed by atoms with Gasteiger partial charge < -0.3 is 5.32 Å². The molecule has 0 aliphatic carbocycles. The van der Waals surface area contributed by atoms with Crippen molar-refractivity contribution in [2.75, 3.05) is 5.32 Å². The third kappa shape index (κ3) is 3.56. The van der Waals surface area contributed by atoms with Crippen molar-refractivity contribution in [3.8, 4) is 0 Å². The first-order valence-corrected chi connectivity index (χ1v) is 6.10. The van der Waals surface area contributed by atoms with E-state index in [0.717, 1.165) is 10.7 Å². The molecule has 0 saturated heterocycles. The summed E-state index contributed by atoms with van der Waals surface area (Å²) in [6, 6.07) is 3.83. The lowest BCUT2D eigenvalue weighted by Crippen LogP contribution is -2.19. The lowest BCUT2D eigenvalue weighted by molar-refractivity contribution is -0.116. The Balaban J connectivity index is 2.05. The van der Waals surface area contributed by atoms with Gasteiger partial charge in [0, 0.05) is 5.69 Å².